The second-order valence-electron chi connectivity index (χ2n) is 7.71. The minimum Gasteiger partial charge on any atom is -0.494 e. The Balaban J connectivity index is 2.23. The molecule has 0 radical (unpaired) electrons. The summed E-state index contributed by atoms with van der Waals surface area (Å²) in [6.45, 7) is 11.1. The summed E-state index contributed by atoms with van der Waals surface area (Å²) in [4.78, 5) is 25.2. The predicted molar refractivity (Wildman–Crippen MR) is 76.8 cm³/mol. The van der Waals surface area contributed by atoms with Gasteiger partial charge in [-0.2, -0.15) is 0 Å². The first-order chi connectivity index (χ1) is 9.62. The molecule has 116 valence electrons. The van der Waals surface area contributed by atoms with E-state index in [1.165, 1.54) is 4.90 Å². The second-order valence-corrected chi connectivity index (χ2v) is 7.71. The van der Waals surface area contributed by atoms with Gasteiger partial charge < -0.3 is 9.64 Å². The van der Waals surface area contributed by atoms with E-state index in [9.17, 15) is 4.79 Å². The molecule has 0 N–H and O–H groups in total. The van der Waals surface area contributed by atoms with E-state index in [1.54, 1.807) is 13.2 Å². The van der Waals surface area contributed by atoms with Crippen molar-refractivity contribution >= 4 is 5.91 Å². The van der Waals surface area contributed by atoms with Gasteiger partial charge >= 0.3 is 0 Å². The zero-order chi connectivity index (χ0) is 15.6. The van der Waals surface area contributed by atoms with Gasteiger partial charge in [0.15, 0.2) is 11.7 Å². The molecule has 0 saturated carbocycles. The van der Waals surface area contributed by atoms with Crippen molar-refractivity contribution < 1.29 is 19.3 Å². The molecular weight excluding hydrogens is 270 g/mol. The number of amides is 1. The minimum atomic E-state index is -0.737. The Bertz CT molecular complexity index is 555. The topological polar surface area (TPSA) is 48.0 Å². The number of likely N-dealkylation sites (N-methyl/N-ethyl adjacent to an activating group) is 1. The molecule has 3 rings (SSSR count). The van der Waals surface area contributed by atoms with Crippen molar-refractivity contribution in [2.45, 2.75) is 46.3 Å². The number of ether oxygens (including phenoxy) is 1. The molecule has 0 aliphatic carbocycles. The van der Waals surface area contributed by atoms with E-state index < -0.39 is 11.7 Å². The van der Waals surface area contributed by atoms with Crippen LogP contribution in [0.25, 0.3) is 0 Å². The van der Waals surface area contributed by atoms with Crippen LogP contribution in [0.15, 0.2) is 23.6 Å². The molecule has 5 heteroatoms. The molecule has 3 aliphatic heterocycles. The minimum absolute atomic E-state index is 0.143. The molecule has 2 unspecified atom stereocenters. The molecular formula is C16H23NO4. The van der Waals surface area contributed by atoms with Gasteiger partial charge in [-0.25, -0.2) is 9.78 Å². The highest BCUT2D eigenvalue weighted by Crippen LogP contribution is 2.59. The summed E-state index contributed by atoms with van der Waals surface area (Å²) in [5.41, 5.74) is -0.407. The zero-order valence-electron chi connectivity index (χ0n) is 13.5. The summed E-state index contributed by atoms with van der Waals surface area (Å²) in [6.07, 6.45) is 2.91. The Morgan fingerprint density at radius 2 is 2.00 bits per heavy atom. The number of fused-ring (bicyclic) bond motifs is 2. The standard InChI is InChI=1S/C16H23NO4/c1-14(2,3)16-12(19-9-15(16,4)5)10-7-8-17(6)13(18)11(10)20-21-16/h7-8,11H,9H2,1-6H3. The lowest BCUT2D eigenvalue weighted by molar-refractivity contribution is -0.408. The molecule has 0 bridgehead atoms. The highest BCUT2D eigenvalue weighted by molar-refractivity contribution is 5.87. The molecule has 5 nitrogen and oxygen atoms in total. The smallest absolute Gasteiger partial charge is 0.263 e. The average molecular weight is 293 g/mol. The van der Waals surface area contributed by atoms with Gasteiger partial charge in [-0.15, -0.1) is 0 Å². The lowest BCUT2D eigenvalue weighted by Crippen LogP contribution is -2.59. The van der Waals surface area contributed by atoms with Gasteiger partial charge in [0.2, 0.25) is 0 Å². The third-order valence-corrected chi connectivity index (χ3v) is 4.77. The van der Waals surface area contributed by atoms with Crippen LogP contribution in [0.1, 0.15) is 34.6 Å². The quantitative estimate of drug-likeness (QED) is 0.643. The highest BCUT2D eigenvalue weighted by atomic mass is 17.2. The third-order valence-electron chi connectivity index (χ3n) is 4.77. The summed E-state index contributed by atoms with van der Waals surface area (Å²) in [5, 5.41) is 0. The van der Waals surface area contributed by atoms with Crippen molar-refractivity contribution in [2.75, 3.05) is 13.7 Å². The van der Waals surface area contributed by atoms with Crippen LogP contribution in [0.5, 0.6) is 0 Å². The number of nitrogens with zero attached hydrogens (tertiary/aromatic N) is 1. The summed E-state index contributed by atoms with van der Waals surface area (Å²) in [6, 6.07) is 0. The highest BCUT2D eigenvalue weighted by Gasteiger charge is 2.67. The zero-order valence-corrected chi connectivity index (χ0v) is 13.5. The lowest BCUT2D eigenvalue weighted by Gasteiger charge is -2.50. The maximum atomic E-state index is 12.2. The van der Waals surface area contributed by atoms with E-state index in [0.717, 1.165) is 11.3 Å². The summed E-state index contributed by atoms with van der Waals surface area (Å²) in [5.74, 6) is 0.602. The van der Waals surface area contributed by atoms with Gasteiger partial charge in [-0.3, -0.25) is 4.79 Å². The molecule has 21 heavy (non-hydrogen) atoms. The van der Waals surface area contributed by atoms with Crippen LogP contribution >= 0.6 is 0 Å². The number of rotatable bonds is 0. The Labute approximate surface area is 125 Å². The van der Waals surface area contributed by atoms with Crippen LogP contribution in [0.4, 0.5) is 0 Å². The number of carbonyl (C=O) groups excluding carboxylic acids is 1. The van der Waals surface area contributed by atoms with Crippen molar-refractivity contribution in [3.8, 4) is 0 Å². The van der Waals surface area contributed by atoms with Crippen LogP contribution in [0, 0.1) is 10.8 Å². The van der Waals surface area contributed by atoms with Crippen LogP contribution in [-0.4, -0.2) is 36.2 Å². The fraction of sp³-hybridized carbons (Fsp3) is 0.688. The summed E-state index contributed by atoms with van der Waals surface area (Å²) in [7, 11) is 1.70. The van der Waals surface area contributed by atoms with Gasteiger partial charge in [0.25, 0.3) is 5.91 Å². The van der Waals surface area contributed by atoms with Crippen LogP contribution < -0.4 is 0 Å². The molecule has 0 spiro atoms. The normalized spacial score (nSPS) is 34.7. The van der Waals surface area contributed by atoms with E-state index in [4.69, 9.17) is 14.5 Å². The molecule has 1 saturated heterocycles. The first-order valence-electron chi connectivity index (χ1n) is 7.29. The van der Waals surface area contributed by atoms with E-state index in [1.807, 2.05) is 6.08 Å². The Kier molecular flexibility index (Phi) is 2.86. The monoisotopic (exact) mass is 293 g/mol. The molecule has 0 aromatic heterocycles. The summed E-state index contributed by atoms with van der Waals surface area (Å²) >= 11 is 0. The first kappa shape index (κ1) is 14.6. The molecule has 1 amide bonds. The van der Waals surface area contributed by atoms with Crippen LogP contribution in [0.3, 0.4) is 0 Å². The molecule has 3 heterocycles. The number of hydrogen-bond acceptors (Lipinski definition) is 4. The predicted octanol–water partition coefficient (Wildman–Crippen LogP) is 2.40. The Hall–Kier alpha value is -1.33. The lowest BCUT2D eigenvalue weighted by atomic mass is 9.61. The number of hydrogen-bond donors (Lipinski definition) is 0. The van der Waals surface area contributed by atoms with Crippen molar-refractivity contribution in [3.63, 3.8) is 0 Å². The summed E-state index contributed by atoms with van der Waals surface area (Å²) < 4.78 is 6.01. The van der Waals surface area contributed by atoms with E-state index in [2.05, 4.69) is 34.6 Å². The van der Waals surface area contributed by atoms with Gasteiger partial charge in [-0.1, -0.05) is 34.6 Å². The molecule has 0 aromatic rings. The largest absolute Gasteiger partial charge is 0.494 e. The average Bonchev–Trinajstić information content (AvgIpc) is 2.66. The van der Waals surface area contributed by atoms with Crippen molar-refractivity contribution in [3.05, 3.63) is 23.6 Å². The van der Waals surface area contributed by atoms with Gasteiger partial charge in [-0.05, 0) is 6.08 Å². The van der Waals surface area contributed by atoms with E-state index in [0.29, 0.717) is 6.61 Å². The van der Waals surface area contributed by atoms with Crippen molar-refractivity contribution in [2.24, 2.45) is 10.8 Å². The maximum absolute atomic E-state index is 12.2. The maximum Gasteiger partial charge on any atom is 0.263 e. The fourth-order valence-electron chi connectivity index (χ4n) is 3.76. The molecule has 0 aromatic carbocycles. The van der Waals surface area contributed by atoms with Crippen molar-refractivity contribution in [1.29, 1.82) is 0 Å². The van der Waals surface area contributed by atoms with Crippen LogP contribution in [-0.2, 0) is 19.3 Å². The Morgan fingerprint density at radius 1 is 1.33 bits per heavy atom. The molecule has 1 fully saturated rings. The van der Waals surface area contributed by atoms with Gasteiger partial charge in [0.05, 0.1) is 6.61 Å². The van der Waals surface area contributed by atoms with E-state index >= 15 is 0 Å². The number of carbonyl (C=O) groups is 1. The van der Waals surface area contributed by atoms with E-state index in [-0.39, 0.29) is 16.7 Å². The second kappa shape index (κ2) is 4.11. The fourth-order valence-corrected chi connectivity index (χ4v) is 3.76. The van der Waals surface area contributed by atoms with Gasteiger partial charge in [0, 0.05) is 29.7 Å². The SMILES string of the molecule is CN1C=CC2=C3OCC(C)(C)C3(C(C)(C)C)OOC2C1=O. The molecule has 2 atom stereocenters. The van der Waals surface area contributed by atoms with Gasteiger partial charge in [0.1, 0.15) is 5.76 Å². The van der Waals surface area contributed by atoms with Crippen LogP contribution in [0.2, 0.25) is 0 Å². The molecule has 3 aliphatic rings. The first-order valence-corrected chi connectivity index (χ1v) is 7.29. The van der Waals surface area contributed by atoms with Crippen molar-refractivity contribution in [1.82, 2.24) is 4.90 Å². The Morgan fingerprint density at radius 3 is 2.62 bits per heavy atom. The third kappa shape index (κ3) is 1.67.